The Bertz CT molecular complexity index is 433. The fourth-order valence-corrected chi connectivity index (χ4v) is 1.92. The van der Waals surface area contributed by atoms with Crippen LogP contribution in [-0.2, 0) is 5.41 Å². The molecule has 0 unspecified atom stereocenters. The second-order valence-electron chi connectivity index (χ2n) is 5.06. The molecule has 0 aromatic heterocycles. The second kappa shape index (κ2) is 6.42. The molecule has 3 heteroatoms. The van der Waals surface area contributed by atoms with E-state index in [9.17, 15) is 0 Å². The van der Waals surface area contributed by atoms with Crippen LogP contribution in [0.2, 0.25) is 0 Å². The summed E-state index contributed by atoms with van der Waals surface area (Å²) in [5.74, 6) is 0.946. The van der Waals surface area contributed by atoms with E-state index < -0.39 is 0 Å². The molecule has 0 aliphatic heterocycles. The van der Waals surface area contributed by atoms with Gasteiger partial charge in [0.15, 0.2) is 0 Å². The van der Waals surface area contributed by atoms with Crippen LogP contribution < -0.4 is 10.1 Å². The third-order valence-electron chi connectivity index (χ3n) is 3.03. The highest BCUT2D eigenvalue weighted by atomic mass is 16.5. The Balaban J connectivity index is 2.82. The van der Waals surface area contributed by atoms with Gasteiger partial charge in [-0.25, -0.2) is 0 Å². The Morgan fingerprint density at radius 3 is 2.67 bits per heavy atom. The van der Waals surface area contributed by atoms with Crippen LogP contribution in [0.1, 0.15) is 31.9 Å². The highest BCUT2D eigenvalue weighted by Crippen LogP contribution is 2.27. The third-order valence-corrected chi connectivity index (χ3v) is 3.03. The molecule has 0 aliphatic carbocycles. The van der Waals surface area contributed by atoms with Crippen LogP contribution in [0, 0.1) is 18.3 Å². The molecule has 0 atom stereocenters. The molecule has 0 aliphatic rings. The Morgan fingerprint density at radius 1 is 1.39 bits per heavy atom. The fourth-order valence-electron chi connectivity index (χ4n) is 1.92. The third kappa shape index (κ3) is 3.75. The fraction of sp³-hybridized carbons (Fsp3) is 0.533. The molecule has 3 nitrogen and oxygen atoms in total. The van der Waals surface area contributed by atoms with Gasteiger partial charge in [-0.1, -0.05) is 26.0 Å². The van der Waals surface area contributed by atoms with Crippen molar-refractivity contribution in [2.75, 3.05) is 19.7 Å². The number of aryl methyl sites for hydroxylation is 1. The normalized spacial score (nSPS) is 11.1. The molecule has 1 N–H and O–H groups in total. The summed E-state index contributed by atoms with van der Waals surface area (Å²) in [6.45, 7) is 10.3. The van der Waals surface area contributed by atoms with E-state index in [1.54, 1.807) is 0 Å². The minimum atomic E-state index is 0.00630. The van der Waals surface area contributed by atoms with E-state index in [4.69, 9.17) is 10.00 Å². The average Bonchev–Trinajstić information content (AvgIpc) is 2.32. The number of nitriles is 1. The standard InChI is InChI=1S/C15H22N2O/c1-5-18-14-7-6-13(10-12(14)2)15(3,4)11-17-9-8-16/h6-7,10,17H,5,9,11H2,1-4H3. The minimum absolute atomic E-state index is 0.00630. The van der Waals surface area contributed by atoms with Crippen molar-refractivity contribution in [1.82, 2.24) is 5.32 Å². The van der Waals surface area contributed by atoms with E-state index >= 15 is 0 Å². The Hall–Kier alpha value is -1.53. The molecule has 1 aromatic carbocycles. The predicted octanol–water partition coefficient (Wildman–Crippen LogP) is 2.78. The topological polar surface area (TPSA) is 45.0 Å². The van der Waals surface area contributed by atoms with E-state index in [2.05, 4.69) is 44.3 Å². The summed E-state index contributed by atoms with van der Waals surface area (Å²) in [5.41, 5.74) is 2.42. The first-order valence-electron chi connectivity index (χ1n) is 6.33. The van der Waals surface area contributed by atoms with Crippen LogP contribution in [0.5, 0.6) is 5.75 Å². The molecule has 0 saturated carbocycles. The number of nitrogens with one attached hydrogen (secondary N) is 1. The van der Waals surface area contributed by atoms with E-state index in [1.807, 2.05) is 13.0 Å². The highest BCUT2D eigenvalue weighted by Gasteiger charge is 2.20. The summed E-state index contributed by atoms with van der Waals surface area (Å²) in [6.07, 6.45) is 0. The van der Waals surface area contributed by atoms with E-state index in [0.717, 1.165) is 17.9 Å². The lowest BCUT2D eigenvalue weighted by Gasteiger charge is -2.26. The quantitative estimate of drug-likeness (QED) is 0.620. The summed E-state index contributed by atoms with van der Waals surface area (Å²) in [6, 6.07) is 8.39. The first-order chi connectivity index (χ1) is 8.51. The number of nitrogens with zero attached hydrogens (tertiary/aromatic N) is 1. The minimum Gasteiger partial charge on any atom is -0.494 e. The molecule has 0 amide bonds. The number of rotatable bonds is 6. The summed E-state index contributed by atoms with van der Waals surface area (Å²) in [4.78, 5) is 0. The molecule has 0 spiro atoms. The Morgan fingerprint density at radius 2 is 2.11 bits per heavy atom. The van der Waals surface area contributed by atoms with Crippen LogP contribution in [-0.4, -0.2) is 19.7 Å². The van der Waals surface area contributed by atoms with Crippen molar-refractivity contribution in [3.05, 3.63) is 29.3 Å². The predicted molar refractivity (Wildman–Crippen MR) is 73.9 cm³/mol. The molecule has 0 fully saturated rings. The van der Waals surface area contributed by atoms with Gasteiger partial charge in [0.1, 0.15) is 5.75 Å². The summed E-state index contributed by atoms with van der Waals surface area (Å²) in [5, 5.41) is 11.7. The van der Waals surface area contributed by atoms with Gasteiger partial charge in [-0.2, -0.15) is 5.26 Å². The van der Waals surface area contributed by atoms with E-state index in [-0.39, 0.29) is 5.41 Å². The lowest BCUT2D eigenvalue weighted by molar-refractivity contribution is 0.337. The molecule has 18 heavy (non-hydrogen) atoms. The summed E-state index contributed by atoms with van der Waals surface area (Å²) in [7, 11) is 0. The molecule has 98 valence electrons. The van der Waals surface area contributed by atoms with Crippen molar-refractivity contribution in [1.29, 1.82) is 5.26 Å². The van der Waals surface area contributed by atoms with Crippen LogP contribution in [0.15, 0.2) is 18.2 Å². The SMILES string of the molecule is CCOc1ccc(C(C)(C)CNCC#N)cc1C. The van der Waals surface area contributed by atoms with E-state index in [0.29, 0.717) is 13.2 Å². The van der Waals surface area contributed by atoms with Gasteiger partial charge in [0.2, 0.25) is 0 Å². The zero-order chi connectivity index (χ0) is 13.6. The van der Waals surface area contributed by atoms with Crippen LogP contribution in [0.4, 0.5) is 0 Å². The van der Waals surface area contributed by atoms with Gasteiger partial charge in [0.25, 0.3) is 0 Å². The van der Waals surface area contributed by atoms with Gasteiger partial charge >= 0.3 is 0 Å². The summed E-state index contributed by atoms with van der Waals surface area (Å²) < 4.78 is 5.54. The van der Waals surface area contributed by atoms with Gasteiger partial charge in [-0.05, 0) is 31.0 Å². The zero-order valence-electron chi connectivity index (χ0n) is 11.7. The Labute approximate surface area is 110 Å². The number of benzene rings is 1. The zero-order valence-corrected chi connectivity index (χ0v) is 11.7. The maximum absolute atomic E-state index is 8.54. The molecule has 0 radical (unpaired) electrons. The van der Waals surface area contributed by atoms with Crippen LogP contribution in [0.3, 0.4) is 0 Å². The number of hydrogen-bond acceptors (Lipinski definition) is 3. The molecule has 0 bridgehead atoms. The largest absolute Gasteiger partial charge is 0.494 e. The monoisotopic (exact) mass is 246 g/mol. The molecule has 0 heterocycles. The smallest absolute Gasteiger partial charge is 0.122 e. The molecular weight excluding hydrogens is 224 g/mol. The first kappa shape index (κ1) is 14.5. The van der Waals surface area contributed by atoms with Gasteiger partial charge < -0.3 is 10.1 Å². The lowest BCUT2D eigenvalue weighted by atomic mass is 9.84. The van der Waals surface area contributed by atoms with Crippen molar-refractivity contribution in [2.24, 2.45) is 0 Å². The average molecular weight is 246 g/mol. The summed E-state index contributed by atoms with van der Waals surface area (Å²) >= 11 is 0. The molecule has 1 rings (SSSR count). The van der Waals surface area contributed by atoms with Gasteiger partial charge in [0, 0.05) is 12.0 Å². The maximum atomic E-state index is 8.54. The lowest BCUT2D eigenvalue weighted by Crippen LogP contribution is -2.33. The first-order valence-corrected chi connectivity index (χ1v) is 6.33. The van der Waals surface area contributed by atoms with Crippen molar-refractivity contribution in [3.63, 3.8) is 0 Å². The van der Waals surface area contributed by atoms with Gasteiger partial charge in [-0.3, -0.25) is 0 Å². The maximum Gasteiger partial charge on any atom is 0.122 e. The van der Waals surface area contributed by atoms with Crippen molar-refractivity contribution in [2.45, 2.75) is 33.1 Å². The molecule has 0 saturated heterocycles. The van der Waals surface area contributed by atoms with Crippen molar-refractivity contribution < 1.29 is 4.74 Å². The highest BCUT2D eigenvalue weighted by molar-refractivity contribution is 5.39. The van der Waals surface area contributed by atoms with Crippen LogP contribution in [0.25, 0.3) is 0 Å². The second-order valence-corrected chi connectivity index (χ2v) is 5.06. The van der Waals surface area contributed by atoms with Gasteiger partial charge in [0.05, 0.1) is 19.2 Å². The van der Waals surface area contributed by atoms with Crippen molar-refractivity contribution in [3.8, 4) is 11.8 Å². The molecular formula is C15H22N2O. The number of hydrogen-bond donors (Lipinski definition) is 1. The molecule has 1 aromatic rings. The van der Waals surface area contributed by atoms with Crippen molar-refractivity contribution >= 4 is 0 Å². The number of ether oxygens (including phenoxy) is 1. The van der Waals surface area contributed by atoms with Gasteiger partial charge in [-0.15, -0.1) is 0 Å². The Kier molecular flexibility index (Phi) is 5.18. The van der Waals surface area contributed by atoms with E-state index in [1.165, 1.54) is 5.56 Å². The van der Waals surface area contributed by atoms with Crippen LogP contribution >= 0.6 is 0 Å².